The highest BCUT2D eigenvalue weighted by Crippen LogP contribution is 2.17. The van der Waals surface area contributed by atoms with Crippen molar-refractivity contribution >= 4 is 11.8 Å². The van der Waals surface area contributed by atoms with Crippen molar-refractivity contribution in [3.05, 3.63) is 0 Å². The van der Waals surface area contributed by atoms with Crippen LogP contribution in [0.3, 0.4) is 0 Å². The summed E-state index contributed by atoms with van der Waals surface area (Å²) in [4.78, 5) is 24.3. The summed E-state index contributed by atoms with van der Waals surface area (Å²) in [6, 6.07) is 0. The number of ketones is 1. The third-order valence-electron chi connectivity index (χ3n) is 6.88. The summed E-state index contributed by atoms with van der Waals surface area (Å²) in [5, 5.41) is 0. The van der Waals surface area contributed by atoms with Gasteiger partial charge < -0.3 is 9.47 Å². The molecule has 0 aliphatic rings. The highest BCUT2D eigenvalue weighted by atomic mass is 16.5. The Morgan fingerprint density at radius 1 is 0.629 bits per heavy atom. The molecule has 0 N–H and O–H groups in total. The van der Waals surface area contributed by atoms with E-state index < -0.39 is 5.60 Å². The first-order chi connectivity index (χ1) is 16.8. The summed E-state index contributed by atoms with van der Waals surface area (Å²) in [7, 11) is 0. The van der Waals surface area contributed by atoms with E-state index in [1.807, 2.05) is 13.8 Å². The highest BCUT2D eigenvalue weighted by Gasteiger charge is 2.27. The maximum absolute atomic E-state index is 12.4. The van der Waals surface area contributed by atoms with Crippen LogP contribution < -0.4 is 0 Å². The summed E-state index contributed by atoms with van der Waals surface area (Å²) < 4.78 is 11.1. The molecular weight excluding hydrogens is 436 g/mol. The lowest BCUT2D eigenvalue weighted by Gasteiger charge is -2.24. The van der Waals surface area contributed by atoms with E-state index in [2.05, 4.69) is 20.8 Å². The third kappa shape index (κ3) is 23.3. The molecule has 0 amide bonds. The lowest BCUT2D eigenvalue weighted by atomic mass is 9.98. The van der Waals surface area contributed by atoms with Crippen LogP contribution in [-0.2, 0) is 19.1 Å². The van der Waals surface area contributed by atoms with E-state index in [0.717, 1.165) is 19.3 Å². The van der Waals surface area contributed by atoms with Crippen molar-refractivity contribution in [2.24, 2.45) is 5.92 Å². The van der Waals surface area contributed by atoms with Gasteiger partial charge in [0.05, 0.1) is 6.61 Å². The fourth-order valence-corrected chi connectivity index (χ4v) is 4.23. The third-order valence-corrected chi connectivity index (χ3v) is 6.88. The molecule has 0 radical (unpaired) electrons. The monoisotopic (exact) mass is 496 g/mol. The van der Waals surface area contributed by atoms with Gasteiger partial charge in [0.15, 0.2) is 5.78 Å². The van der Waals surface area contributed by atoms with Crippen LogP contribution in [0, 0.1) is 5.92 Å². The molecular formula is C31H60O4. The SMILES string of the molecule is CCCCCCCCCCCCCCCCCCOC(=O)CCCC(=O)C(C)(C)OCCC(C)C. The molecule has 0 unspecified atom stereocenters. The Hall–Kier alpha value is -0.900. The molecule has 0 aromatic carbocycles. The summed E-state index contributed by atoms with van der Waals surface area (Å²) >= 11 is 0. The van der Waals surface area contributed by atoms with Crippen LogP contribution in [0.15, 0.2) is 0 Å². The fraction of sp³-hybridized carbons (Fsp3) is 0.935. The van der Waals surface area contributed by atoms with E-state index in [0.29, 0.717) is 38.4 Å². The number of rotatable bonds is 26. The largest absolute Gasteiger partial charge is 0.466 e. The van der Waals surface area contributed by atoms with Gasteiger partial charge in [-0.05, 0) is 39.0 Å². The minimum absolute atomic E-state index is 0.0619. The normalized spacial score (nSPS) is 11.8. The summed E-state index contributed by atoms with van der Waals surface area (Å²) in [5.41, 5.74) is -0.771. The molecule has 0 aliphatic heterocycles. The molecule has 0 heterocycles. The molecule has 0 fully saturated rings. The zero-order chi connectivity index (χ0) is 26.2. The number of carbonyl (C=O) groups is 2. The lowest BCUT2D eigenvalue weighted by molar-refractivity contribution is -0.144. The fourth-order valence-electron chi connectivity index (χ4n) is 4.23. The molecule has 0 aliphatic carbocycles. The molecule has 0 rings (SSSR count). The van der Waals surface area contributed by atoms with Crippen LogP contribution in [-0.4, -0.2) is 30.6 Å². The number of ether oxygens (including phenoxy) is 2. The first kappa shape index (κ1) is 34.1. The Morgan fingerprint density at radius 2 is 1.09 bits per heavy atom. The Bertz CT molecular complexity index is 498. The van der Waals surface area contributed by atoms with Gasteiger partial charge in [0, 0.05) is 19.4 Å². The summed E-state index contributed by atoms with van der Waals surface area (Å²) in [6.45, 7) is 11.3. The van der Waals surface area contributed by atoms with Crippen molar-refractivity contribution in [1.82, 2.24) is 0 Å². The van der Waals surface area contributed by atoms with Crippen molar-refractivity contribution in [3.8, 4) is 0 Å². The standard InChI is InChI=1S/C31H60O4/c1-6-7-8-9-10-11-12-13-14-15-16-17-18-19-20-21-26-34-30(33)24-22-23-29(32)31(4,5)35-27-25-28(2)3/h28H,6-27H2,1-5H3. The topological polar surface area (TPSA) is 52.6 Å². The zero-order valence-electron chi connectivity index (χ0n) is 24.3. The van der Waals surface area contributed by atoms with Gasteiger partial charge in [0.2, 0.25) is 0 Å². The smallest absolute Gasteiger partial charge is 0.305 e. The lowest BCUT2D eigenvalue weighted by Crippen LogP contribution is -2.35. The number of Topliss-reactive ketones (excluding diaryl/α,β-unsaturated/α-hetero) is 1. The van der Waals surface area contributed by atoms with Crippen molar-refractivity contribution in [1.29, 1.82) is 0 Å². The molecule has 4 nitrogen and oxygen atoms in total. The van der Waals surface area contributed by atoms with Gasteiger partial charge in [-0.15, -0.1) is 0 Å². The highest BCUT2D eigenvalue weighted by molar-refractivity contribution is 5.86. The van der Waals surface area contributed by atoms with Gasteiger partial charge in [0.1, 0.15) is 5.60 Å². The van der Waals surface area contributed by atoms with Crippen molar-refractivity contribution in [3.63, 3.8) is 0 Å². The van der Waals surface area contributed by atoms with Crippen LogP contribution in [0.2, 0.25) is 0 Å². The van der Waals surface area contributed by atoms with Crippen LogP contribution in [0.25, 0.3) is 0 Å². The van der Waals surface area contributed by atoms with Crippen LogP contribution in [0.5, 0.6) is 0 Å². The number of esters is 1. The van der Waals surface area contributed by atoms with Crippen LogP contribution in [0.1, 0.15) is 163 Å². The van der Waals surface area contributed by atoms with Gasteiger partial charge >= 0.3 is 5.97 Å². The first-order valence-electron chi connectivity index (χ1n) is 15.1. The second-order valence-corrected chi connectivity index (χ2v) is 11.3. The maximum Gasteiger partial charge on any atom is 0.305 e. The minimum atomic E-state index is -0.771. The van der Waals surface area contributed by atoms with E-state index in [-0.39, 0.29) is 11.8 Å². The van der Waals surface area contributed by atoms with Crippen molar-refractivity contribution < 1.29 is 19.1 Å². The van der Waals surface area contributed by atoms with Crippen LogP contribution in [0.4, 0.5) is 0 Å². The van der Waals surface area contributed by atoms with Gasteiger partial charge in [-0.2, -0.15) is 0 Å². The maximum atomic E-state index is 12.4. The number of carbonyl (C=O) groups excluding carboxylic acids is 2. The first-order valence-corrected chi connectivity index (χ1v) is 15.1. The quantitative estimate of drug-likeness (QED) is 0.0884. The molecule has 0 bridgehead atoms. The Labute approximate surface area is 218 Å². The average Bonchev–Trinajstić information content (AvgIpc) is 2.80. The van der Waals surface area contributed by atoms with Crippen molar-refractivity contribution in [2.75, 3.05) is 13.2 Å². The second-order valence-electron chi connectivity index (χ2n) is 11.3. The molecule has 0 aromatic rings. The molecule has 0 saturated carbocycles. The Kier molecular flexibility index (Phi) is 22.9. The molecule has 208 valence electrons. The molecule has 0 saturated heterocycles. The zero-order valence-corrected chi connectivity index (χ0v) is 24.3. The number of unbranched alkanes of at least 4 members (excludes halogenated alkanes) is 15. The minimum Gasteiger partial charge on any atom is -0.466 e. The Balaban J connectivity index is 3.44. The van der Waals surface area contributed by atoms with Gasteiger partial charge in [-0.1, -0.05) is 117 Å². The van der Waals surface area contributed by atoms with Gasteiger partial charge in [-0.25, -0.2) is 0 Å². The number of hydrogen-bond acceptors (Lipinski definition) is 4. The van der Waals surface area contributed by atoms with Crippen LogP contribution >= 0.6 is 0 Å². The van der Waals surface area contributed by atoms with Gasteiger partial charge in [0.25, 0.3) is 0 Å². The molecule has 4 heteroatoms. The van der Waals surface area contributed by atoms with Crippen molar-refractivity contribution in [2.45, 2.75) is 169 Å². The average molecular weight is 497 g/mol. The van der Waals surface area contributed by atoms with E-state index in [4.69, 9.17) is 9.47 Å². The number of hydrogen-bond donors (Lipinski definition) is 0. The van der Waals surface area contributed by atoms with E-state index in [1.165, 1.54) is 89.9 Å². The van der Waals surface area contributed by atoms with E-state index in [1.54, 1.807) is 0 Å². The molecule has 0 spiro atoms. The molecule has 0 atom stereocenters. The predicted octanol–water partition coefficient (Wildman–Crippen LogP) is 9.37. The summed E-state index contributed by atoms with van der Waals surface area (Å²) in [5.74, 6) is 0.439. The van der Waals surface area contributed by atoms with E-state index >= 15 is 0 Å². The summed E-state index contributed by atoms with van der Waals surface area (Å²) in [6.07, 6.45) is 23.5. The van der Waals surface area contributed by atoms with E-state index in [9.17, 15) is 9.59 Å². The molecule has 0 aromatic heterocycles. The second kappa shape index (κ2) is 23.5. The predicted molar refractivity (Wildman–Crippen MR) is 149 cm³/mol. The van der Waals surface area contributed by atoms with Gasteiger partial charge in [-0.3, -0.25) is 9.59 Å². The Morgan fingerprint density at radius 3 is 1.54 bits per heavy atom. The molecule has 35 heavy (non-hydrogen) atoms.